The first-order valence-electron chi connectivity index (χ1n) is 6.45. The normalized spacial score (nSPS) is 11.9. The fourth-order valence-corrected chi connectivity index (χ4v) is 2.42. The number of aliphatic hydroxyl groups excluding tert-OH is 1. The first kappa shape index (κ1) is 15.5. The third kappa shape index (κ3) is 4.27. The number of nitro groups is 1. The van der Waals surface area contributed by atoms with Crippen molar-refractivity contribution in [2.75, 3.05) is 11.9 Å². The molecule has 2 aromatic rings. The van der Waals surface area contributed by atoms with Gasteiger partial charge in [-0.05, 0) is 24.1 Å². The van der Waals surface area contributed by atoms with Crippen LogP contribution in [0.3, 0.4) is 0 Å². The van der Waals surface area contributed by atoms with Gasteiger partial charge in [-0.25, -0.2) is 0 Å². The van der Waals surface area contributed by atoms with E-state index in [1.165, 1.54) is 6.07 Å². The maximum atomic E-state index is 11.0. The first-order chi connectivity index (χ1) is 10.1. The number of nitrogens with zero attached hydrogens (tertiary/aromatic N) is 1. The second-order valence-corrected chi connectivity index (χ2v) is 5.55. The third-order valence-corrected chi connectivity index (χ3v) is 3.55. The molecule has 1 unspecified atom stereocenters. The van der Waals surface area contributed by atoms with Crippen LogP contribution in [-0.4, -0.2) is 22.7 Å². The Labute approximate surface area is 130 Å². The summed E-state index contributed by atoms with van der Waals surface area (Å²) in [7, 11) is 0. The SMILES string of the molecule is O=[N+]([O-])c1ccc(Br)cc1NC(CO)Cc1ccccc1. The van der Waals surface area contributed by atoms with Crippen LogP contribution in [0, 0.1) is 10.1 Å². The standard InChI is InChI=1S/C15H15BrN2O3/c16-12-6-7-15(18(20)21)14(9-12)17-13(10-19)8-11-4-2-1-3-5-11/h1-7,9,13,17,19H,8,10H2. The number of nitrogens with one attached hydrogen (secondary N) is 1. The Balaban J connectivity index is 2.18. The molecular formula is C15H15BrN2O3. The summed E-state index contributed by atoms with van der Waals surface area (Å²) in [5.74, 6) is 0. The van der Waals surface area contributed by atoms with Gasteiger partial charge in [-0.1, -0.05) is 46.3 Å². The maximum absolute atomic E-state index is 11.0. The quantitative estimate of drug-likeness (QED) is 0.618. The minimum atomic E-state index is -0.439. The molecule has 110 valence electrons. The number of anilines is 1. The van der Waals surface area contributed by atoms with Crippen molar-refractivity contribution in [3.63, 3.8) is 0 Å². The number of hydrogen-bond acceptors (Lipinski definition) is 4. The topological polar surface area (TPSA) is 75.4 Å². The highest BCUT2D eigenvalue weighted by Crippen LogP contribution is 2.28. The van der Waals surface area contributed by atoms with Crippen molar-refractivity contribution in [3.8, 4) is 0 Å². The van der Waals surface area contributed by atoms with E-state index in [-0.39, 0.29) is 18.3 Å². The molecule has 21 heavy (non-hydrogen) atoms. The molecule has 0 spiro atoms. The van der Waals surface area contributed by atoms with Crippen LogP contribution in [0.15, 0.2) is 53.0 Å². The molecule has 0 bridgehead atoms. The number of rotatable bonds is 6. The van der Waals surface area contributed by atoms with E-state index in [0.717, 1.165) is 10.0 Å². The van der Waals surface area contributed by atoms with Gasteiger partial charge in [0.05, 0.1) is 17.6 Å². The van der Waals surface area contributed by atoms with Crippen LogP contribution in [0.1, 0.15) is 5.56 Å². The Morgan fingerprint density at radius 2 is 1.95 bits per heavy atom. The van der Waals surface area contributed by atoms with Crippen LogP contribution in [0.4, 0.5) is 11.4 Å². The molecule has 0 aromatic heterocycles. The van der Waals surface area contributed by atoms with Crippen LogP contribution in [0.5, 0.6) is 0 Å². The van der Waals surface area contributed by atoms with E-state index in [4.69, 9.17) is 0 Å². The van der Waals surface area contributed by atoms with E-state index < -0.39 is 4.92 Å². The zero-order valence-electron chi connectivity index (χ0n) is 11.2. The molecule has 0 aliphatic heterocycles. The number of halogens is 1. The molecule has 2 N–H and O–H groups in total. The number of hydrogen-bond donors (Lipinski definition) is 2. The second kappa shape index (κ2) is 7.19. The predicted octanol–water partition coefficient (Wildman–Crippen LogP) is 3.37. The van der Waals surface area contributed by atoms with E-state index in [0.29, 0.717) is 12.1 Å². The van der Waals surface area contributed by atoms with Gasteiger partial charge in [-0.15, -0.1) is 0 Å². The second-order valence-electron chi connectivity index (χ2n) is 4.63. The molecule has 0 saturated carbocycles. The summed E-state index contributed by atoms with van der Waals surface area (Å²) < 4.78 is 0.743. The van der Waals surface area contributed by atoms with Gasteiger partial charge in [0.15, 0.2) is 0 Å². The smallest absolute Gasteiger partial charge is 0.292 e. The number of nitro benzene ring substituents is 1. The Morgan fingerprint density at radius 1 is 1.24 bits per heavy atom. The van der Waals surface area contributed by atoms with Crippen molar-refractivity contribution in [3.05, 3.63) is 68.7 Å². The van der Waals surface area contributed by atoms with Crippen LogP contribution >= 0.6 is 15.9 Å². The average Bonchev–Trinajstić information content (AvgIpc) is 2.47. The minimum Gasteiger partial charge on any atom is -0.394 e. The summed E-state index contributed by atoms with van der Waals surface area (Å²) in [6.45, 7) is -0.113. The molecule has 1 atom stereocenters. The van der Waals surface area contributed by atoms with Gasteiger partial charge in [-0.3, -0.25) is 10.1 Å². The average molecular weight is 351 g/mol. The third-order valence-electron chi connectivity index (χ3n) is 3.06. The van der Waals surface area contributed by atoms with Crippen LogP contribution in [0.25, 0.3) is 0 Å². The summed E-state index contributed by atoms with van der Waals surface area (Å²) in [5.41, 5.74) is 1.44. The van der Waals surface area contributed by atoms with E-state index >= 15 is 0 Å². The van der Waals surface area contributed by atoms with Gasteiger partial charge in [0, 0.05) is 10.5 Å². The summed E-state index contributed by atoms with van der Waals surface area (Å²) in [4.78, 5) is 10.6. The van der Waals surface area contributed by atoms with Crippen molar-refractivity contribution < 1.29 is 10.0 Å². The van der Waals surface area contributed by atoms with E-state index in [1.807, 2.05) is 30.3 Å². The predicted molar refractivity (Wildman–Crippen MR) is 85.4 cm³/mol. The van der Waals surface area contributed by atoms with E-state index in [1.54, 1.807) is 12.1 Å². The largest absolute Gasteiger partial charge is 0.394 e. The van der Waals surface area contributed by atoms with Crippen molar-refractivity contribution in [1.29, 1.82) is 0 Å². The molecule has 2 aromatic carbocycles. The van der Waals surface area contributed by atoms with Gasteiger partial charge in [-0.2, -0.15) is 0 Å². The van der Waals surface area contributed by atoms with Gasteiger partial charge in [0.2, 0.25) is 0 Å². The number of aliphatic hydroxyl groups is 1. The Hall–Kier alpha value is -1.92. The van der Waals surface area contributed by atoms with Crippen LogP contribution < -0.4 is 5.32 Å². The lowest BCUT2D eigenvalue weighted by atomic mass is 10.1. The first-order valence-corrected chi connectivity index (χ1v) is 7.24. The zero-order chi connectivity index (χ0) is 15.2. The highest BCUT2D eigenvalue weighted by molar-refractivity contribution is 9.10. The minimum absolute atomic E-state index is 0.00953. The Kier molecular flexibility index (Phi) is 5.30. The lowest BCUT2D eigenvalue weighted by Gasteiger charge is -2.18. The van der Waals surface area contributed by atoms with Gasteiger partial charge < -0.3 is 10.4 Å². The molecule has 0 amide bonds. The Bertz CT molecular complexity index is 620. The maximum Gasteiger partial charge on any atom is 0.292 e. The van der Waals surface area contributed by atoms with Gasteiger partial charge in [0.25, 0.3) is 5.69 Å². The molecular weight excluding hydrogens is 336 g/mol. The molecule has 0 radical (unpaired) electrons. The van der Waals surface area contributed by atoms with Crippen molar-refractivity contribution in [2.24, 2.45) is 0 Å². The Morgan fingerprint density at radius 3 is 2.57 bits per heavy atom. The fourth-order valence-electron chi connectivity index (χ4n) is 2.06. The number of benzene rings is 2. The van der Waals surface area contributed by atoms with E-state index in [9.17, 15) is 15.2 Å². The van der Waals surface area contributed by atoms with Crippen molar-refractivity contribution in [1.82, 2.24) is 0 Å². The van der Waals surface area contributed by atoms with Crippen LogP contribution in [0.2, 0.25) is 0 Å². The monoisotopic (exact) mass is 350 g/mol. The van der Waals surface area contributed by atoms with Gasteiger partial charge >= 0.3 is 0 Å². The highest BCUT2D eigenvalue weighted by atomic mass is 79.9. The highest BCUT2D eigenvalue weighted by Gasteiger charge is 2.17. The molecule has 0 aliphatic rings. The molecule has 2 rings (SSSR count). The fraction of sp³-hybridized carbons (Fsp3) is 0.200. The molecule has 0 aliphatic carbocycles. The molecule has 5 nitrogen and oxygen atoms in total. The van der Waals surface area contributed by atoms with Gasteiger partial charge in [0.1, 0.15) is 5.69 Å². The van der Waals surface area contributed by atoms with Crippen molar-refractivity contribution >= 4 is 27.3 Å². The lowest BCUT2D eigenvalue weighted by molar-refractivity contribution is -0.384. The molecule has 0 fully saturated rings. The van der Waals surface area contributed by atoms with E-state index in [2.05, 4.69) is 21.2 Å². The molecule has 0 saturated heterocycles. The van der Waals surface area contributed by atoms with Crippen LogP contribution in [-0.2, 0) is 6.42 Å². The lowest BCUT2D eigenvalue weighted by Crippen LogP contribution is -2.26. The van der Waals surface area contributed by atoms with Crippen molar-refractivity contribution in [2.45, 2.75) is 12.5 Å². The summed E-state index contributed by atoms with van der Waals surface area (Å²) in [6, 6.07) is 14.1. The zero-order valence-corrected chi connectivity index (χ0v) is 12.8. The summed E-state index contributed by atoms with van der Waals surface area (Å²) in [6.07, 6.45) is 0.584. The summed E-state index contributed by atoms with van der Waals surface area (Å²) >= 11 is 3.30. The molecule has 0 heterocycles. The summed E-state index contributed by atoms with van der Waals surface area (Å²) in [5, 5.41) is 23.6. The molecule has 6 heteroatoms.